The molecule has 2 heterocycles. The molecule has 2 aliphatic heterocycles. The van der Waals surface area contributed by atoms with Gasteiger partial charge in [-0.3, -0.25) is 4.79 Å². The molecule has 0 spiro atoms. The maximum Gasteiger partial charge on any atom is 0.284 e. The molecule has 0 aromatic heterocycles. The lowest BCUT2D eigenvalue weighted by Gasteiger charge is -2.33. The number of hydrazone groups is 1. The number of nitrogens with zero attached hydrogens (tertiary/aromatic N) is 2. The van der Waals surface area contributed by atoms with E-state index < -0.39 is 5.97 Å². The summed E-state index contributed by atoms with van der Waals surface area (Å²) in [6.45, 7) is 0. The van der Waals surface area contributed by atoms with Gasteiger partial charge >= 0.3 is 0 Å². The van der Waals surface area contributed by atoms with Crippen LogP contribution in [0.4, 0.5) is 0 Å². The predicted octanol–water partition coefficient (Wildman–Crippen LogP) is 3.04. The topological polar surface area (TPSA) is 60.4 Å². The van der Waals surface area contributed by atoms with E-state index in [-0.39, 0.29) is 18.1 Å². The predicted molar refractivity (Wildman–Crippen MR) is 100 cm³/mol. The van der Waals surface area contributed by atoms with Crippen molar-refractivity contribution in [3.05, 3.63) is 71.8 Å². The molecule has 6 heteroatoms. The smallest absolute Gasteiger partial charge is 0.284 e. The van der Waals surface area contributed by atoms with Crippen LogP contribution in [0.2, 0.25) is 0 Å². The maximum absolute atomic E-state index is 13.2. The molecule has 0 aliphatic carbocycles. The first-order valence-corrected chi connectivity index (χ1v) is 8.95. The van der Waals surface area contributed by atoms with Crippen LogP contribution in [0.25, 0.3) is 0 Å². The highest BCUT2D eigenvalue weighted by Gasteiger charge is 2.53. The Morgan fingerprint density at radius 2 is 1.70 bits per heavy atom. The van der Waals surface area contributed by atoms with Crippen LogP contribution in [-0.2, 0) is 14.2 Å². The molecule has 2 atom stereocenters. The number of fused-ring (bicyclic) bond motifs is 1. The van der Waals surface area contributed by atoms with E-state index in [0.29, 0.717) is 18.4 Å². The van der Waals surface area contributed by atoms with Gasteiger partial charge < -0.3 is 14.2 Å². The molecular formula is C21H22N2O4. The van der Waals surface area contributed by atoms with Crippen LogP contribution in [-0.4, -0.2) is 49.0 Å². The summed E-state index contributed by atoms with van der Waals surface area (Å²) < 4.78 is 17.1. The Labute approximate surface area is 158 Å². The highest BCUT2D eigenvalue weighted by atomic mass is 16.9. The summed E-state index contributed by atoms with van der Waals surface area (Å²) >= 11 is 0. The Hall–Kier alpha value is -2.54. The van der Waals surface area contributed by atoms with E-state index in [9.17, 15) is 4.79 Å². The van der Waals surface area contributed by atoms with Crippen molar-refractivity contribution >= 4 is 11.6 Å². The lowest BCUT2D eigenvalue weighted by molar-refractivity contribution is -0.350. The Balaban J connectivity index is 1.73. The van der Waals surface area contributed by atoms with Crippen molar-refractivity contribution in [1.29, 1.82) is 0 Å². The minimum Gasteiger partial charge on any atom is -0.331 e. The third kappa shape index (κ3) is 3.27. The minimum atomic E-state index is -1.16. The number of hydrogen-bond acceptors (Lipinski definition) is 5. The monoisotopic (exact) mass is 366 g/mol. The molecule has 1 fully saturated rings. The van der Waals surface area contributed by atoms with Crippen molar-refractivity contribution < 1.29 is 19.0 Å². The summed E-state index contributed by atoms with van der Waals surface area (Å²) in [6.07, 6.45) is 0.724. The van der Waals surface area contributed by atoms with E-state index in [0.717, 1.165) is 11.3 Å². The molecule has 0 unspecified atom stereocenters. The molecule has 2 aliphatic rings. The van der Waals surface area contributed by atoms with Gasteiger partial charge in [0.05, 0.1) is 24.3 Å². The summed E-state index contributed by atoms with van der Waals surface area (Å²) in [6, 6.07) is 18.7. The molecule has 0 N–H and O–H groups in total. The number of ether oxygens (including phenoxy) is 3. The summed E-state index contributed by atoms with van der Waals surface area (Å²) in [7, 11) is 3.09. The molecule has 2 aromatic rings. The van der Waals surface area contributed by atoms with Crippen molar-refractivity contribution in [2.45, 2.75) is 31.0 Å². The summed E-state index contributed by atoms with van der Waals surface area (Å²) in [5.41, 5.74) is 2.36. The average molecular weight is 366 g/mol. The molecule has 1 saturated heterocycles. The molecule has 140 valence electrons. The summed E-state index contributed by atoms with van der Waals surface area (Å²) in [5, 5.41) is 6.25. The number of carbonyl (C=O) groups excluding carboxylic acids is 1. The van der Waals surface area contributed by atoms with Crippen LogP contribution in [0, 0.1) is 0 Å². The van der Waals surface area contributed by atoms with Crippen molar-refractivity contribution in [3.8, 4) is 0 Å². The molecule has 0 radical (unpaired) electrons. The van der Waals surface area contributed by atoms with Gasteiger partial charge in [-0.15, -0.1) is 0 Å². The van der Waals surface area contributed by atoms with Crippen LogP contribution < -0.4 is 0 Å². The highest BCUT2D eigenvalue weighted by Crippen LogP contribution is 2.39. The lowest BCUT2D eigenvalue weighted by Crippen LogP contribution is -2.46. The van der Waals surface area contributed by atoms with Crippen LogP contribution >= 0.6 is 0 Å². The van der Waals surface area contributed by atoms with E-state index in [1.807, 2.05) is 48.5 Å². The molecule has 4 rings (SSSR count). The fourth-order valence-electron chi connectivity index (χ4n) is 3.66. The fraction of sp³-hybridized carbons (Fsp3) is 0.333. The van der Waals surface area contributed by atoms with E-state index in [1.165, 1.54) is 5.01 Å². The normalized spacial score (nSPS) is 23.6. The van der Waals surface area contributed by atoms with Gasteiger partial charge in [0, 0.05) is 26.2 Å². The second-order valence-electron chi connectivity index (χ2n) is 6.65. The first-order valence-electron chi connectivity index (χ1n) is 8.95. The molecule has 2 aromatic carbocycles. The van der Waals surface area contributed by atoms with Gasteiger partial charge in [-0.1, -0.05) is 48.5 Å². The van der Waals surface area contributed by atoms with E-state index >= 15 is 0 Å². The van der Waals surface area contributed by atoms with Crippen LogP contribution in [0.3, 0.4) is 0 Å². The Bertz CT molecular complexity index is 834. The number of benzene rings is 2. The lowest BCUT2D eigenvalue weighted by atomic mass is 9.96. The van der Waals surface area contributed by atoms with Crippen LogP contribution in [0.1, 0.15) is 28.8 Å². The molecule has 6 nitrogen and oxygen atoms in total. The molecular weight excluding hydrogens is 344 g/mol. The van der Waals surface area contributed by atoms with Crippen LogP contribution in [0.5, 0.6) is 0 Å². The van der Waals surface area contributed by atoms with Gasteiger partial charge in [0.1, 0.15) is 0 Å². The zero-order chi connectivity index (χ0) is 18.9. The quantitative estimate of drug-likeness (QED) is 0.781. The zero-order valence-corrected chi connectivity index (χ0v) is 15.4. The van der Waals surface area contributed by atoms with E-state index in [2.05, 4.69) is 0 Å². The van der Waals surface area contributed by atoms with Crippen LogP contribution in [0.15, 0.2) is 65.8 Å². The van der Waals surface area contributed by atoms with E-state index in [1.54, 1.807) is 26.4 Å². The molecule has 0 saturated carbocycles. The minimum absolute atomic E-state index is 0.162. The SMILES string of the molecule is COC1(OC)C[C@@H]2[C@@H](CC(c3ccccc3)=NN2C(=O)c2ccccc2)O1. The van der Waals surface area contributed by atoms with Gasteiger partial charge in [-0.25, -0.2) is 5.01 Å². The molecule has 27 heavy (non-hydrogen) atoms. The zero-order valence-electron chi connectivity index (χ0n) is 15.4. The van der Waals surface area contributed by atoms with Gasteiger partial charge in [0.15, 0.2) is 0 Å². The van der Waals surface area contributed by atoms with Crippen molar-refractivity contribution in [3.63, 3.8) is 0 Å². The maximum atomic E-state index is 13.2. The Morgan fingerprint density at radius 1 is 1.07 bits per heavy atom. The third-order valence-electron chi connectivity index (χ3n) is 5.11. The number of hydrogen-bond donors (Lipinski definition) is 0. The second-order valence-corrected chi connectivity index (χ2v) is 6.65. The fourth-order valence-corrected chi connectivity index (χ4v) is 3.66. The summed E-state index contributed by atoms with van der Waals surface area (Å²) in [4.78, 5) is 13.2. The van der Waals surface area contributed by atoms with Gasteiger partial charge in [-0.2, -0.15) is 5.10 Å². The number of rotatable bonds is 4. The van der Waals surface area contributed by atoms with Gasteiger partial charge in [-0.05, 0) is 17.7 Å². The molecule has 0 bridgehead atoms. The average Bonchev–Trinajstić information content (AvgIpc) is 3.13. The number of amides is 1. The standard InChI is InChI=1S/C21H22N2O4/c1-25-21(26-2)14-18-19(27-21)13-17(15-9-5-3-6-10-15)22-23(18)20(24)16-11-7-4-8-12-16/h3-12,18-19H,13-14H2,1-2H3/t18-,19-/m1/s1. The Morgan fingerprint density at radius 3 is 2.33 bits per heavy atom. The van der Waals surface area contributed by atoms with Crippen molar-refractivity contribution in [2.75, 3.05) is 14.2 Å². The van der Waals surface area contributed by atoms with Crippen molar-refractivity contribution in [2.24, 2.45) is 5.10 Å². The Kier molecular flexibility index (Phi) is 4.78. The number of carbonyl (C=O) groups is 1. The first-order chi connectivity index (χ1) is 13.2. The number of methoxy groups -OCH3 is 2. The summed E-state index contributed by atoms with van der Waals surface area (Å²) in [5.74, 6) is -1.32. The van der Waals surface area contributed by atoms with E-state index in [4.69, 9.17) is 19.3 Å². The second kappa shape index (κ2) is 7.23. The first kappa shape index (κ1) is 17.9. The third-order valence-corrected chi connectivity index (χ3v) is 5.11. The highest BCUT2D eigenvalue weighted by molar-refractivity contribution is 6.03. The largest absolute Gasteiger partial charge is 0.331 e. The van der Waals surface area contributed by atoms with Crippen molar-refractivity contribution in [1.82, 2.24) is 5.01 Å². The van der Waals surface area contributed by atoms with Gasteiger partial charge in [0.2, 0.25) is 0 Å². The van der Waals surface area contributed by atoms with Gasteiger partial charge in [0.25, 0.3) is 11.9 Å². The molecule has 1 amide bonds.